The van der Waals surface area contributed by atoms with Gasteiger partial charge in [0.1, 0.15) is 0 Å². The molecule has 2 fully saturated rings. The number of anilines is 1. The molecule has 2 aliphatic rings. The summed E-state index contributed by atoms with van der Waals surface area (Å²) in [5.41, 5.74) is 0.714. The molecule has 0 saturated heterocycles. The third-order valence-corrected chi connectivity index (χ3v) is 5.11. The molecule has 21 heavy (non-hydrogen) atoms. The molecule has 5 nitrogen and oxygen atoms in total. The number of rotatable bonds is 4. The number of carbonyl (C=O) groups is 1. The van der Waals surface area contributed by atoms with Crippen LogP contribution in [0.4, 0.5) is 5.69 Å². The van der Waals surface area contributed by atoms with Crippen LogP contribution in [0.1, 0.15) is 36.0 Å². The molecule has 1 amide bonds. The molecule has 2 bridgehead atoms. The van der Waals surface area contributed by atoms with Gasteiger partial charge in [0.05, 0.1) is 17.5 Å². The molecular formula is C15H20N2O3S. The van der Waals surface area contributed by atoms with Crippen LogP contribution in [0.25, 0.3) is 0 Å². The standard InChI is InChI=1S/C15H20N2O3S/c1-21(19,20)17-13-5-3-2-4-12(13)15(18)16-14-9-10-6-7-11(14)8-10/h2-5,10-11,14,17H,6-9H2,1H3,(H,16,18)/t10-,11+,14+/m1/s1. The van der Waals surface area contributed by atoms with Gasteiger partial charge in [0.25, 0.3) is 5.91 Å². The first-order valence-electron chi connectivity index (χ1n) is 7.30. The van der Waals surface area contributed by atoms with E-state index >= 15 is 0 Å². The first kappa shape index (κ1) is 14.4. The van der Waals surface area contributed by atoms with Gasteiger partial charge in [-0.15, -0.1) is 0 Å². The van der Waals surface area contributed by atoms with Crippen molar-refractivity contribution in [3.8, 4) is 0 Å². The van der Waals surface area contributed by atoms with Gasteiger partial charge in [-0.2, -0.15) is 0 Å². The Kier molecular flexibility index (Phi) is 3.65. The molecule has 3 rings (SSSR count). The van der Waals surface area contributed by atoms with Crippen LogP contribution in [0.15, 0.2) is 24.3 Å². The number of fused-ring (bicyclic) bond motifs is 2. The summed E-state index contributed by atoms with van der Waals surface area (Å²) in [5, 5.41) is 3.08. The summed E-state index contributed by atoms with van der Waals surface area (Å²) in [7, 11) is -3.40. The molecule has 2 N–H and O–H groups in total. The van der Waals surface area contributed by atoms with Crippen molar-refractivity contribution < 1.29 is 13.2 Å². The topological polar surface area (TPSA) is 75.3 Å². The summed E-state index contributed by atoms with van der Waals surface area (Å²) < 4.78 is 25.2. The van der Waals surface area contributed by atoms with E-state index < -0.39 is 10.0 Å². The summed E-state index contributed by atoms with van der Waals surface area (Å²) in [5.74, 6) is 1.15. The Labute approximate surface area is 125 Å². The maximum Gasteiger partial charge on any atom is 0.253 e. The van der Waals surface area contributed by atoms with E-state index in [1.165, 1.54) is 19.3 Å². The van der Waals surface area contributed by atoms with Gasteiger partial charge in [-0.05, 0) is 43.2 Å². The molecule has 1 aromatic carbocycles. The fourth-order valence-corrected chi connectivity index (χ4v) is 4.21. The van der Waals surface area contributed by atoms with E-state index in [1.54, 1.807) is 24.3 Å². The van der Waals surface area contributed by atoms with Gasteiger partial charge in [0.15, 0.2) is 0 Å². The fourth-order valence-electron chi connectivity index (χ4n) is 3.64. The normalized spacial score (nSPS) is 27.6. The molecule has 114 valence electrons. The quantitative estimate of drug-likeness (QED) is 0.893. The van der Waals surface area contributed by atoms with Crippen LogP contribution < -0.4 is 10.0 Å². The monoisotopic (exact) mass is 308 g/mol. The van der Waals surface area contributed by atoms with Crippen LogP contribution in [0.5, 0.6) is 0 Å². The van der Waals surface area contributed by atoms with E-state index in [-0.39, 0.29) is 11.9 Å². The lowest BCUT2D eigenvalue weighted by Crippen LogP contribution is -2.38. The predicted molar refractivity (Wildman–Crippen MR) is 81.6 cm³/mol. The molecule has 2 aliphatic carbocycles. The fraction of sp³-hybridized carbons (Fsp3) is 0.533. The van der Waals surface area contributed by atoms with E-state index in [0.29, 0.717) is 17.2 Å². The van der Waals surface area contributed by atoms with Crippen molar-refractivity contribution in [2.75, 3.05) is 11.0 Å². The Bertz CT molecular complexity index is 657. The molecule has 0 spiro atoms. The van der Waals surface area contributed by atoms with Crippen molar-refractivity contribution in [2.24, 2.45) is 11.8 Å². The second-order valence-electron chi connectivity index (χ2n) is 6.17. The zero-order chi connectivity index (χ0) is 15.0. The Morgan fingerprint density at radius 2 is 1.95 bits per heavy atom. The van der Waals surface area contributed by atoms with Gasteiger partial charge in [0.2, 0.25) is 10.0 Å². The third kappa shape index (κ3) is 3.20. The summed E-state index contributed by atoms with van der Waals surface area (Å²) in [6.07, 6.45) is 5.83. The number of hydrogen-bond acceptors (Lipinski definition) is 3. The number of carbonyl (C=O) groups excluding carboxylic acids is 1. The van der Waals surface area contributed by atoms with Crippen molar-refractivity contribution in [1.29, 1.82) is 0 Å². The maximum absolute atomic E-state index is 12.4. The molecule has 0 radical (unpaired) electrons. The zero-order valence-corrected chi connectivity index (χ0v) is 12.8. The molecular weight excluding hydrogens is 288 g/mol. The molecule has 1 aromatic rings. The smallest absolute Gasteiger partial charge is 0.253 e. The number of hydrogen-bond donors (Lipinski definition) is 2. The molecule has 3 atom stereocenters. The number of amides is 1. The highest BCUT2D eigenvalue weighted by atomic mass is 32.2. The van der Waals surface area contributed by atoms with Crippen LogP contribution in [0.2, 0.25) is 0 Å². The van der Waals surface area contributed by atoms with E-state index in [4.69, 9.17) is 0 Å². The van der Waals surface area contributed by atoms with Crippen molar-refractivity contribution in [3.05, 3.63) is 29.8 Å². The number of sulfonamides is 1. The number of benzene rings is 1. The minimum atomic E-state index is -3.40. The molecule has 0 aromatic heterocycles. The van der Waals surface area contributed by atoms with E-state index in [2.05, 4.69) is 10.0 Å². The summed E-state index contributed by atoms with van der Waals surface area (Å²) in [6.45, 7) is 0. The zero-order valence-electron chi connectivity index (χ0n) is 12.0. The highest BCUT2D eigenvalue weighted by molar-refractivity contribution is 7.92. The van der Waals surface area contributed by atoms with Crippen LogP contribution >= 0.6 is 0 Å². The van der Waals surface area contributed by atoms with E-state index in [1.807, 2.05) is 0 Å². The highest BCUT2D eigenvalue weighted by Gasteiger charge is 2.40. The summed E-state index contributed by atoms with van der Waals surface area (Å²) >= 11 is 0. The summed E-state index contributed by atoms with van der Waals surface area (Å²) in [6, 6.07) is 6.94. The molecule has 0 unspecified atom stereocenters. The van der Waals surface area contributed by atoms with Crippen molar-refractivity contribution >= 4 is 21.6 Å². The highest BCUT2D eigenvalue weighted by Crippen LogP contribution is 2.44. The van der Waals surface area contributed by atoms with Crippen LogP contribution in [-0.4, -0.2) is 26.6 Å². The van der Waals surface area contributed by atoms with Gasteiger partial charge in [0, 0.05) is 6.04 Å². The SMILES string of the molecule is CS(=O)(=O)Nc1ccccc1C(=O)N[C@H]1C[C@@H]2CC[C@H]1C2. The predicted octanol–water partition coefficient (Wildman–Crippen LogP) is 1.98. The van der Waals surface area contributed by atoms with Crippen LogP contribution in [0, 0.1) is 11.8 Å². The van der Waals surface area contributed by atoms with Crippen LogP contribution in [0.3, 0.4) is 0 Å². The van der Waals surface area contributed by atoms with Crippen molar-refractivity contribution in [2.45, 2.75) is 31.7 Å². The Morgan fingerprint density at radius 3 is 2.57 bits per heavy atom. The number of para-hydroxylation sites is 1. The summed E-state index contributed by atoms with van der Waals surface area (Å²) in [4.78, 5) is 12.4. The minimum Gasteiger partial charge on any atom is -0.349 e. The lowest BCUT2D eigenvalue weighted by Gasteiger charge is -2.23. The largest absolute Gasteiger partial charge is 0.349 e. The minimum absolute atomic E-state index is 0.195. The molecule has 0 heterocycles. The van der Waals surface area contributed by atoms with Gasteiger partial charge in [-0.1, -0.05) is 18.6 Å². The van der Waals surface area contributed by atoms with Gasteiger partial charge >= 0.3 is 0 Å². The lowest BCUT2D eigenvalue weighted by molar-refractivity contribution is 0.0924. The molecule has 0 aliphatic heterocycles. The number of nitrogens with one attached hydrogen (secondary N) is 2. The van der Waals surface area contributed by atoms with Crippen molar-refractivity contribution in [3.63, 3.8) is 0 Å². The van der Waals surface area contributed by atoms with E-state index in [9.17, 15) is 13.2 Å². The first-order chi connectivity index (χ1) is 9.92. The third-order valence-electron chi connectivity index (χ3n) is 4.52. The van der Waals surface area contributed by atoms with Gasteiger partial charge in [-0.25, -0.2) is 8.42 Å². The Balaban J connectivity index is 1.75. The average molecular weight is 308 g/mol. The van der Waals surface area contributed by atoms with Gasteiger partial charge in [-0.3, -0.25) is 9.52 Å². The second-order valence-corrected chi connectivity index (χ2v) is 7.92. The van der Waals surface area contributed by atoms with Crippen molar-refractivity contribution in [1.82, 2.24) is 5.32 Å². The van der Waals surface area contributed by atoms with E-state index in [0.717, 1.165) is 18.6 Å². The second kappa shape index (κ2) is 5.33. The molecule has 2 saturated carbocycles. The first-order valence-corrected chi connectivity index (χ1v) is 9.19. The van der Waals surface area contributed by atoms with Crippen LogP contribution in [-0.2, 0) is 10.0 Å². The Hall–Kier alpha value is -1.56. The lowest BCUT2D eigenvalue weighted by atomic mass is 9.95. The molecule has 6 heteroatoms. The maximum atomic E-state index is 12.4. The Morgan fingerprint density at radius 1 is 1.19 bits per heavy atom. The average Bonchev–Trinajstić information content (AvgIpc) is 2.99. The van der Waals surface area contributed by atoms with Gasteiger partial charge < -0.3 is 5.32 Å².